The Balaban J connectivity index is 2.50. The van der Waals surface area contributed by atoms with E-state index in [1.54, 1.807) is 18.2 Å². The maximum atomic E-state index is 11.2. The van der Waals surface area contributed by atoms with Crippen molar-refractivity contribution in [1.29, 1.82) is 0 Å². The summed E-state index contributed by atoms with van der Waals surface area (Å²) in [5, 5.41) is 9.19. The Kier molecular flexibility index (Phi) is 3.67. The van der Waals surface area contributed by atoms with Crippen molar-refractivity contribution in [2.45, 2.75) is 0 Å². The maximum absolute atomic E-state index is 11.2. The van der Waals surface area contributed by atoms with E-state index in [4.69, 9.17) is 0 Å². The number of carboxylic acids is 1. The first-order valence-electron chi connectivity index (χ1n) is 5.42. The van der Waals surface area contributed by atoms with Crippen LogP contribution in [0.3, 0.4) is 0 Å². The normalized spacial score (nSPS) is 10.1. The summed E-state index contributed by atoms with van der Waals surface area (Å²) >= 11 is 3.47. The van der Waals surface area contributed by atoms with Crippen molar-refractivity contribution in [3.05, 3.63) is 58.6 Å². The number of nitrogens with zero attached hydrogens (tertiary/aromatic N) is 1. The van der Waals surface area contributed by atoms with Crippen LogP contribution in [-0.2, 0) is 0 Å². The largest absolute Gasteiger partial charge is 0.478 e. The molecule has 0 amide bonds. The van der Waals surface area contributed by atoms with Crippen molar-refractivity contribution in [2.24, 2.45) is 0 Å². The zero-order valence-corrected chi connectivity index (χ0v) is 11.4. The fourth-order valence-electron chi connectivity index (χ4n) is 1.80. The first-order chi connectivity index (χ1) is 8.61. The number of halogens is 1. The molecule has 0 radical (unpaired) electrons. The number of aromatic carboxylic acids is 1. The lowest BCUT2D eigenvalue weighted by Crippen LogP contribution is -2.14. The van der Waals surface area contributed by atoms with Crippen LogP contribution >= 0.6 is 15.9 Å². The lowest BCUT2D eigenvalue weighted by atomic mass is 10.1. The van der Waals surface area contributed by atoms with E-state index in [1.165, 1.54) is 0 Å². The van der Waals surface area contributed by atoms with Gasteiger partial charge in [-0.3, -0.25) is 0 Å². The number of carboxylic acid groups (broad SMARTS) is 1. The summed E-state index contributed by atoms with van der Waals surface area (Å²) < 4.78 is 0.924. The third-order valence-corrected chi connectivity index (χ3v) is 3.38. The Labute approximate surface area is 114 Å². The van der Waals surface area contributed by atoms with E-state index in [1.807, 2.05) is 42.3 Å². The van der Waals surface area contributed by atoms with Crippen molar-refractivity contribution in [1.82, 2.24) is 0 Å². The number of benzene rings is 2. The molecule has 2 aromatic rings. The summed E-state index contributed by atoms with van der Waals surface area (Å²) in [6, 6.07) is 14.6. The molecule has 3 nitrogen and oxygen atoms in total. The summed E-state index contributed by atoms with van der Waals surface area (Å²) in [7, 11) is 1.85. The predicted octanol–water partition coefficient (Wildman–Crippen LogP) is 3.92. The van der Waals surface area contributed by atoms with Crippen LogP contribution in [0.15, 0.2) is 53.0 Å². The van der Waals surface area contributed by atoms with E-state index in [0.29, 0.717) is 5.69 Å². The average Bonchev–Trinajstić information content (AvgIpc) is 2.38. The third-order valence-electron chi connectivity index (χ3n) is 2.71. The summed E-state index contributed by atoms with van der Waals surface area (Å²) in [5.74, 6) is -0.926. The smallest absolute Gasteiger partial charge is 0.337 e. The molecule has 0 unspecified atom stereocenters. The molecule has 4 heteroatoms. The van der Waals surface area contributed by atoms with E-state index in [-0.39, 0.29) is 5.56 Å². The Morgan fingerprint density at radius 2 is 1.61 bits per heavy atom. The number of hydrogen-bond donors (Lipinski definition) is 1. The second kappa shape index (κ2) is 5.23. The summed E-state index contributed by atoms with van der Waals surface area (Å²) in [6.45, 7) is 0. The molecule has 0 atom stereocenters. The van der Waals surface area contributed by atoms with E-state index < -0.39 is 5.97 Å². The van der Waals surface area contributed by atoms with Crippen LogP contribution in [0, 0.1) is 0 Å². The second-order valence-corrected chi connectivity index (χ2v) is 4.69. The van der Waals surface area contributed by atoms with Gasteiger partial charge in [0.1, 0.15) is 0 Å². The Hall–Kier alpha value is -1.81. The van der Waals surface area contributed by atoms with Gasteiger partial charge in [-0.1, -0.05) is 24.3 Å². The summed E-state index contributed by atoms with van der Waals surface area (Å²) in [5.41, 5.74) is 1.87. The van der Waals surface area contributed by atoms with Crippen molar-refractivity contribution in [3.8, 4) is 0 Å². The van der Waals surface area contributed by atoms with Crippen molar-refractivity contribution in [2.75, 3.05) is 11.9 Å². The number of para-hydroxylation sites is 2. The van der Waals surface area contributed by atoms with Gasteiger partial charge in [0.25, 0.3) is 0 Å². The minimum Gasteiger partial charge on any atom is -0.478 e. The van der Waals surface area contributed by atoms with Crippen LogP contribution in [0.1, 0.15) is 10.4 Å². The molecule has 0 heterocycles. The van der Waals surface area contributed by atoms with Crippen LogP contribution in [0.4, 0.5) is 11.4 Å². The van der Waals surface area contributed by atoms with Gasteiger partial charge in [0, 0.05) is 11.5 Å². The zero-order chi connectivity index (χ0) is 13.1. The summed E-state index contributed by atoms with van der Waals surface area (Å²) in [4.78, 5) is 13.1. The van der Waals surface area contributed by atoms with Crippen LogP contribution in [-0.4, -0.2) is 18.1 Å². The van der Waals surface area contributed by atoms with Gasteiger partial charge in [0.2, 0.25) is 0 Å². The number of carbonyl (C=O) groups is 1. The average molecular weight is 306 g/mol. The third kappa shape index (κ3) is 2.38. The lowest BCUT2D eigenvalue weighted by Gasteiger charge is -2.22. The molecule has 0 spiro atoms. The summed E-state index contributed by atoms with van der Waals surface area (Å²) in [6.07, 6.45) is 0. The predicted molar refractivity (Wildman–Crippen MR) is 75.6 cm³/mol. The first kappa shape index (κ1) is 12.6. The van der Waals surface area contributed by atoms with E-state index in [0.717, 1.165) is 10.2 Å². The Morgan fingerprint density at radius 1 is 1.06 bits per heavy atom. The number of rotatable bonds is 3. The van der Waals surface area contributed by atoms with E-state index in [9.17, 15) is 9.90 Å². The van der Waals surface area contributed by atoms with Crippen LogP contribution in [0.2, 0.25) is 0 Å². The molecular formula is C14H12BrNO2. The highest BCUT2D eigenvalue weighted by Gasteiger charge is 2.14. The van der Waals surface area contributed by atoms with Crippen LogP contribution in [0.25, 0.3) is 0 Å². The SMILES string of the molecule is CN(c1ccccc1Br)c1ccccc1C(=O)O. The van der Waals surface area contributed by atoms with Gasteiger partial charge in [0.05, 0.1) is 16.9 Å². The number of hydrogen-bond acceptors (Lipinski definition) is 2. The molecule has 0 saturated heterocycles. The Morgan fingerprint density at radius 3 is 2.22 bits per heavy atom. The highest BCUT2D eigenvalue weighted by atomic mass is 79.9. The van der Waals surface area contributed by atoms with Crippen molar-refractivity contribution < 1.29 is 9.90 Å². The monoisotopic (exact) mass is 305 g/mol. The van der Waals surface area contributed by atoms with Crippen molar-refractivity contribution in [3.63, 3.8) is 0 Å². The molecule has 0 aliphatic rings. The minimum atomic E-state index is -0.926. The molecule has 1 N–H and O–H groups in total. The topological polar surface area (TPSA) is 40.5 Å². The van der Waals surface area contributed by atoms with E-state index >= 15 is 0 Å². The first-order valence-corrected chi connectivity index (χ1v) is 6.21. The lowest BCUT2D eigenvalue weighted by molar-refractivity contribution is 0.0697. The molecule has 0 aromatic heterocycles. The Bertz CT molecular complexity index is 584. The van der Waals surface area contributed by atoms with Crippen LogP contribution in [0.5, 0.6) is 0 Å². The molecule has 0 aliphatic carbocycles. The van der Waals surface area contributed by atoms with Crippen LogP contribution < -0.4 is 4.90 Å². The second-order valence-electron chi connectivity index (χ2n) is 3.83. The van der Waals surface area contributed by atoms with Gasteiger partial charge < -0.3 is 10.0 Å². The van der Waals surface area contributed by atoms with Gasteiger partial charge in [-0.25, -0.2) is 4.79 Å². The minimum absolute atomic E-state index is 0.288. The van der Waals surface area contributed by atoms with Gasteiger partial charge in [0.15, 0.2) is 0 Å². The molecule has 2 aromatic carbocycles. The molecule has 0 bridgehead atoms. The molecule has 0 aliphatic heterocycles. The zero-order valence-electron chi connectivity index (χ0n) is 9.80. The molecular weight excluding hydrogens is 294 g/mol. The quantitative estimate of drug-likeness (QED) is 0.934. The van der Waals surface area contributed by atoms with Gasteiger partial charge in [-0.2, -0.15) is 0 Å². The molecule has 0 saturated carbocycles. The highest BCUT2D eigenvalue weighted by molar-refractivity contribution is 9.10. The fraction of sp³-hybridized carbons (Fsp3) is 0.0714. The molecule has 2 rings (SSSR count). The maximum Gasteiger partial charge on any atom is 0.337 e. The fourth-order valence-corrected chi connectivity index (χ4v) is 2.35. The van der Waals surface area contributed by atoms with Gasteiger partial charge in [-0.15, -0.1) is 0 Å². The molecule has 0 fully saturated rings. The van der Waals surface area contributed by atoms with E-state index in [2.05, 4.69) is 15.9 Å². The standard InChI is InChI=1S/C14H12BrNO2/c1-16(13-9-5-3-7-11(13)15)12-8-4-2-6-10(12)14(17)18/h2-9H,1H3,(H,17,18). The van der Waals surface area contributed by atoms with Gasteiger partial charge in [-0.05, 0) is 40.2 Å². The molecule has 18 heavy (non-hydrogen) atoms. The van der Waals surface area contributed by atoms with Crippen molar-refractivity contribution >= 4 is 33.3 Å². The highest BCUT2D eigenvalue weighted by Crippen LogP contribution is 2.32. The molecule has 92 valence electrons. The number of anilines is 2. The van der Waals surface area contributed by atoms with Gasteiger partial charge >= 0.3 is 5.97 Å².